The first-order valence-corrected chi connectivity index (χ1v) is 5.16. The fraction of sp³-hybridized carbons (Fsp3) is 0.455. The van der Waals surface area contributed by atoms with E-state index in [1.54, 1.807) is 0 Å². The molecule has 1 aromatic carbocycles. The fourth-order valence-electron chi connectivity index (χ4n) is 2.57. The lowest BCUT2D eigenvalue weighted by Crippen LogP contribution is -2.18. The van der Waals surface area contributed by atoms with Gasteiger partial charge in [-0.15, -0.1) is 12.4 Å². The van der Waals surface area contributed by atoms with Crippen LogP contribution in [0.3, 0.4) is 0 Å². The smallest absolute Gasteiger partial charge is 0.0406 e. The molecule has 1 heterocycles. The summed E-state index contributed by atoms with van der Waals surface area (Å²) in [6.45, 7) is 2.35. The third-order valence-corrected chi connectivity index (χ3v) is 3.73. The highest BCUT2D eigenvalue weighted by atomic mass is 35.5. The first-order chi connectivity index (χ1) is 6.31. The van der Waals surface area contributed by atoms with Crippen LogP contribution < -0.4 is 5.32 Å². The molecule has 0 bridgehead atoms. The van der Waals surface area contributed by atoms with Crippen molar-refractivity contribution < 1.29 is 0 Å². The molecular formula is C11H13Cl2N. The van der Waals surface area contributed by atoms with Gasteiger partial charge in [0.1, 0.15) is 0 Å². The number of rotatable bonds is 1. The van der Waals surface area contributed by atoms with Gasteiger partial charge in [-0.05, 0) is 36.6 Å². The van der Waals surface area contributed by atoms with E-state index >= 15 is 0 Å². The van der Waals surface area contributed by atoms with E-state index in [4.69, 9.17) is 11.6 Å². The van der Waals surface area contributed by atoms with Crippen molar-refractivity contribution >= 4 is 24.0 Å². The van der Waals surface area contributed by atoms with Crippen LogP contribution >= 0.6 is 24.0 Å². The van der Waals surface area contributed by atoms with Crippen LogP contribution in [0.25, 0.3) is 0 Å². The van der Waals surface area contributed by atoms with Crippen LogP contribution in [-0.2, 0) is 5.41 Å². The average Bonchev–Trinajstić information content (AvgIpc) is 2.71. The molecule has 2 unspecified atom stereocenters. The quantitative estimate of drug-likeness (QED) is 0.781. The first-order valence-electron chi connectivity index (χ1n) is 4.78. The summed E-state index contributed by atoms with van der Waals surface area (Å²) in [6, 6.07) is 8.35. The molecule has 2 atom stereocenters. The zero-order valence-electron chi connectivity index (χ0n) is 7.79. The van der Waals surface area contributed by atoms with Gasteiger partial charge in [-0.2, -0.15) is 0 Å². The number of fused-ring (bicyclic) bond motifs is 1. The highest BCUT2D eigenvalue weighted by Gasteiger charge is 2.57. The van der Waals surface area contributed by atoms with Gasteiger partial charge in [0, 0.05) is 17.0 Å². The molecule has 1 aliphatic heterocycles. The minimum Gasteiger partial charge on any atom is -0.316 e. The Hall–Kier alpha value is -0.240. The summed E-state index contributed by atoms with van der Waals surface area (Å²) in [4.78, 5) is 0. The highest BCUT2D eigenvalue weighted by molar-refractivity contribution is 6.30. The number of benzene rings is 1. The summed E-state index contributed by atoms with van der Waals surface area (Å²) in [7, 11) is 0. The molecule has 1 saturated carbocycles. The third kappa shape index (κ3) is 1.35. The molecule has 1 N–H and O–H groups in total. The van der Waals surface area contributed by atoms with Gasteiger partial charge in [-0.3, -0.25) is 0 Å². The highest BCUT2D eigenvalue weighted by Crippen LogP contribution is 2.56. The molecule has 0 radical (unpaired) electrons. The second-order valence-corrected chi connectivity index (χ2v) is 4.63. The van der Waals surface area contributed by atoms with Gasteiger partial charge in [0.05, 0.1) is 0 Å². The number of hydrogen-bond donors (Lipinski definition) is 1. The molecule has 2 fully saturated rings. The number of hydrogen-bond acceptors (Lipinski definition) is 1. The minimum atomic E-state index is 0. The maximum atomic E-state index is 5.86. The number of piperidine rings is 1. The maximum Gasteiger partial charge on any atom is 0.0406 e. The third-order valence-electron chi connectivity index (χ3n) is 3.48. The summed E-state index contributed by atoms with van der Waals surface area (Å²) >= 11 is 5.86. The zero-order chi connectivity index (χ0) is 8.89. The predicted molar refractivity (Wildman–Crippen MR) is 61.4 cm³/mol. The van der Waals surface area contributed by atoms with Gasteiger partial charge in [-0.25, -0.2) is 0 Å². The topological polar surface area (TPSA) is 12.0 Å². The van der Waals surface area contributed by atoms with Crippen molar-refractivity contribution in [2.24, 2.45) is 5.92 Å². The molecule has 1 aromatic rings. The van der Waals surface area contributed by atoms with Gasteiger partial charge in [0.25, 0.3) is 0 Å². The number of halogens is 2. The molecule has 1 nitrogen and oxygen atoms in total. The van der Waals surface area contributed by atoms with Crippen molar-refractivity contribution in [2.45, 2.75) is 11.8 Å². The van der Waals surface area contributed by atoms with Gasteiger partial charge in [0.2, 0.25) is 0 Å². The van der Waals surface area contributed by atoms with E-state index in [1.165, 1.54) is 18.5 Å². The normalized spacial score (nSPS) is 33.4. The largest absolute Gasteiger partial charge is 0.316 e. The Morgan fingerprint density at radius 1 is 1.29 bits per heavy atom. The first kappa shape index (κ1) is 10.3. The molecule has 0 spiro atoms. The van der Waals surface area contributed by atoms with Crippen molar-refractivity contribution in [3.05, 3.63) is 34.9 Å². The van der Waals surface area contributed by atoms with Crippen molar-refractivity contribution in [1.29, 1.82) is 0 Å². The SMILES string of the molecule is Cl.Clc1ccc(C23CNCC2C3)cc1. The Labute approximate surface area is 95.3 Å². The van der Waals surface area contributed by atoms with Crippen LogP contribution in [0.4, 0.5) is 0 Å². The van der Waals surface area contributed by atoms with Crippen LogP contribution in [0.2, 0.25) is 5.02 Å². The molecule has 1 saturated heterocycles. The van der Waals surface area contributed by atoms with Crippen molar-refractivity contribution in [1.82, 2.24) is 5.32 Å². The molecule has 3 rings (SSSR count). The van der Waals surface area contributed by atoms with Crippen molar-refractivity contribution in [2.75, 3.05) is 13.1 Å². The van der Waals surface area contributed by atoms with E-state index < -0.39 is 0 Å². The Morgan fingerprint density at radius 3 is 2.50 bits per heavy atom. The summed E-state index contributed by atoms with van der Waals surface area (Å²) in [5.74, 6) is 0.883. The van der Waals surface area contributed by atoms with E-state index in [0.29, 0.717) is 5.41 Å². The fourth-order valence-corrected chi connectivity index (χ4v) is 2.70. The molecule has 2 aliphatic rings. The van der Waals surface area contributed by atoms with E-state index in [0.717, 1.165) is 17.5 Å². The van der Waals surface area contributed by atoms with Crippen LogP contribution in [0.1, 0.15) is 12.0 Å². The summed E-state index contributed by atoms with van der Waals surface area (Å²) in [5.41, 5.74) is 1.94. The maximum absolute atomic E-state index is 5.86. The van der Waals surface area contributed by atoms with Crippen LogP contribution in [0.15, 0.2) is 24.3 Å². The van der Waals surface area contributed by atoms with E-state index in [2.05, 4.69) is 17.4 Å². The van der Waals surface area contributed by atoms with Crippen LogP contribution in [0.5, 0.6) is 0 Å². The predicted octanol–water partition coefficient (Wildman–Crippen LogP) is 2.62. The lowest BCUT2D eigenvalue weighted by atomic mass is 9.95. The van der Waals surface area contributed by atoms with Gasteiger partial charge in [-0.1, -0.05) is 23.7 Å². The van der Waals surface area contributed by atoms with Crippen LogP contribution in [0, 0.1) is 5.92 Å². The van der Waals surface area contributed by atoms with Gasteiger partial charge < -0.3 is 5.32 Å². The Kier molecular flexibility index (Phi) is 2.50. The van der Waals surface area contributed by atoms with E-state index in [1.807, 2.05) is 12.1 Å². The average molecular weight is 230 g/mol. The lowest BCUT2D eigenvalue weighted by Gasteiger charge is -2.11. The second-order valence-electron chi connectivity index (χ2n) is 4.19. The van der Waals surface area contributed by atoms with Crippen molar-refractivity contribution in [3.63, 3.8) is 0 Å². The molecule has 76 valence electrons. The standard InChI is InChI=1S/C11H12ClN.ClH/c12-10-3-1-8(2-4-10)11-5-9(11)6-13-7-11;/h1-4,9,13H,5-7H2;1H. The van der Waals surface area contributed by atoms with Crippen molar-refractivity contribution in [3.8, 4) is 0 Å². The van der Waals surface area contributed by atoms with E-state index in [-0.39, 0.29) is 12.4 Å². The molecule has 3 heteroatoms. The minimum absolute atomic E-state index is 0. The Balaban J connectivity index is 0.000000750. The molecule has 0 amide bonds. The summed E-state index contributed by atoms with van der Waals surface area (Å²) in [6.07, 6.45) is 1.36. The lowest BCUT2D eigenvalue weighted by molar-refractivity contribution is 0.676. The molecule has 1 aliphatic carbocycles. The van der Waals surface area contributed by atoms with Gasteiger partial charge >= 0.3 is 0 Å². The van der Waals surface area contributed by atoms with E-state index in [9.17, 15) is 0 Å². The number of nitrogens with one attached hydrogen (secondary N) is 1. The van der Waals surface area contributed by atoms with Gasteiger partial charge in [0.15, 0.2) is 0 Å². The zero-order valence-corrected chi connectivity index (χ0v) is 9.37. The molecular weight excluding hydrogens is 217 g/mol. The van der Waals surface area contributed by atoms with Crippen LogP contribution in [-0.4, -0.2) is 13.1 Å². The molecule has 0 aromatic heterocycles. The summed E-state index contributed by atoms with van der Waals surface area (Å²) in [5, 5.41) is 4.28. The Bertz CT molecular complexity index is 336. The summed E-state index contributed by atoms with van der Waals surface area (Å²) < 4.78 is 0. The molecule has 14 heavy (non-hydrogen) atoms. The monoisotopic (exact) mass is 229 g/mol. The Morgan fingerprint density at radius 2 is 2.00 bits per heavy atom. The second kappa shape index (κ2) is 3.41.